The second-order valence-corrected chi connectivity index (χ2v) is 7.97. The molecule has 1 aromatic rings. The maximum atomic E-state index is 12.7. The first-order valence-corrected chi connectivity index (χ1v) is 9.30. The summed E-state index contributed by atoms with van der Waals surface area (Å²) in [6, 6.07) is 3.69. The molecule has 0 saturated carbocycles. The summed E-state index contributed by atoms with van der Waals surface area (Å²) in [5.41, 5.74) is 0.0601. The summed E-state index contributed by atoms with van der Waals surface area (Å²) < 4.78 is 23.4. The SMILES string of the molecule is CCOP(=O)(OCC)c1ccc(N2CCNC(C)(C)C2)nc1.Cl. The van der Waals surface area contributed by atoms with Gasteiger partial charge in [-0.05, 0) is 39.8 Å². The Kier molecular flexibility index (Phi) is 7.49. The van der Waals surface area contributed by atoms with Crippen LogP contribution in [0, 0.1) is 0 Å². The smallest absolute Gasteiger partial charge is 0.354 e. The van der Waals surface area contributed by atoms with Gasteiger partial charge in [0.2, 0.25) is 0 Å². The molecular weight excluding hydrogens is 337 g/mol. The van der Waals surface area contributed by atoms with Gasteiger partial charge in [0.15, 0.2) is 0 Å². The number of hydrogen-bond acceptors (Lipinski definition) is 6. The van der Waals surface area contributed by atoms with E-state index in [9.17, 15) is 4.57 Å². The summed E-state index contributed by atoms with van der Waals surface area (Å²) in [4.78, 5) is 6.69. The molecule has 2 rings (SSSR count). The Morgan fingerprint density at radius 2 is 1.96 bits per heavy atom. The molecule has 0 unspecified atom stereocenters. The minimum atomic E-state index is -3.25. The third kappa shape index (κ3) is 5.16. The second-order valence-electron chi connectivity index (χ2n) is 5.94. The Morgan fingerprint density at radius 1 is 1.30 bits per heavy atom. The lowest BCUT2D eigenvalue weighted by atomic mass is 10.0. The summed E-state index contributed by atoms with van der Waals surface area (Å²) >= 11 is 0. The molecule has 1 fully saturated rings. The molecule has 1 aromatic heterocycles. The average molecular weight is 364 g/mol. The highest BCUT2D eigenvalue weighted by molar-refractivity contribution is 7.62. The van der Waals surface area contributed by atoms with E-state index >= 15 is 0 Å². The first-order valence-electron chi connectivity index (χ1n) is 7.76. The lowest BCUT2D eigenvalue weighted by Gasteiger charge is -2.39. The van der Waals surface area contributed by atoms with E-state index in [1.807, 2.05) is 6.07 Å². The zero-order valence-corrected chi connectivity index (χ0v) is 16.0. The van der Waals surface area contributed by atoms with Crippen molar-refractivity contribution in [1.82, 2.24) is 10.3 Å². The number of rotatable bonds is 6. The van der Waals surface area contributed by atoms with Gasteiger partial charge in [0.1, 0.15) is 5.82 Å². The molecular formula is C15H27ClN3O3P. The highest BCUT2D eigenvalue weighted by Crippen LogP contribution is 2.46. The van der Waals surface area contributed by atoms with E-state index in [0.717, 1.165) is 25.5 Å². The Hall–Kier alpha value is -0.650. The number of aromatic nitrogens is 1. The van der Waals surface area contributed by atoms with Crippen molar-refractivity contribution in [2.45, 2.75) is 33.2 Å². The van der Waals surface area contributed by atoms with Gasteiger partial charge in [0, 0.05) is 31.4 Å². The van der Waals surface area contributed by atoms with Gasteiger partial charge in [-0.15, -0.1) is 12.4 Å². The van der Waals surface area contributed by atoms with Gasteiger partial charge >= 0.3 is 7.60 Å². The van der Waals surface area contributed by atoms with E-state index in [4.69, 9.17) is 9.05 Å². The van der Waals surface area contributed by atoms with Crippen LogP contribution in [0.2, 0.25) is 0 Å². The zero-order valence-electron chi connectivity index (χ0n) is 14.2. The topological polar surface area (TPSA) is 63.7 Å². The van der Waals surface area contributed by atoms with E-state index in [0.29, 0.717) is 18.5 Å². The van der Waals surface area contributed by atoms with Gasteiger partial charge in [-0.25, -0.2) is 4.98 Å². The fourth-order valence-corrected chi connectivity index (χ4v) is 4.10. The summed E-state index contributed by atoms with van der Waals surface area (Å²) in [7, 11) is -3.25. The van der Waals surface area contributed by atoms with Crippen molar-refractivity contribution in [3.05, 3.63) is 18.3 Å². The van der Waals surface area contributed by atoms with Crippen LogP contribution in [-0.4, -0.2) is 43.4 Å². The van der Waals surface area contributed by atoms with Crippen molar-refractivity contribution in [1.29, 1.82) is 0 Å². The van der Waals surface area contributed by atoms with Crippen LogP contribution in [0.5, 0.6) is 0 Å². The summed E-state index contributed by atoms with van der Waals surface area (Å²) in [5.74, 6) is 0.887. The molecule has 0 atom stereocenters. The van der Waals surface area contributed by atoms with Crippen molar-refractivity contribution >= 4 is 31.1 Å². The van der Waals surface area contributed by atoms with E-state index < -0.39 is 7.60 Å². The van der Waals surface area contributed by atoms with Crippen LogP contribution in [0.3, 0.4) is 0 Å². The monoisotopic (exact) mass is 363 g/mol. The van der Waals surface area contributed by atoms with E-state index in [2.05, 4.69) is 29.0 Å². The molecule has 0 aliphatic carbocycles. The van der Waals surface area contributed by atoms with Gasteiger partial charge in [0.05, 0.1) is 18.5 Å². The lowest BCUT2D eigenvalue weighted by Crippen LogP contribution is -2.57. The zero-order chi connectivity index (χ0) is 16.2. The minimum Gasteiger partial charge on any atom is -0.354 e. The molecule has 0 bridgehead atoms. The molecule has 0 aromatic carbocycles. The Labute approximate surface area is 144 Å². The second kappa shape index (κ2) is 8.45. The van der Waals surface area contributed by atoms with Crippen LogP contribution in [0.4, 0.5) is 5.82 Å². The first-order chi connectivity index (χ1) is 10.4. The number of hydrogen-bond donors (Lipinski definition) is 1. The third-order valence-corrected chi connectivity index (χ3v) is 5.64. The summed E-state index contributed by atoms with van der Waals surface area (Å²) in [6.07, 6.45) is 1.61. The Balaban J connectivity index is 0.00000264. The fraction of sp³-hybridized carbons (Fsp3) is 0.667. The molecule has 0 amide bonds. The number of pyridine rings is 1. The first kappa shape index (κ1) is 20.4. The number of anilines is 1. The molecule has 8 heteroatoms. The molecule has 1 N–H and O–H groups in total. The standard InChI is InChI=1S/C15H26N3O3P.ClH/c1-5-20-22(19,21-6-2)13-7-8-14(16-11-13)18-10-9-17-15(3,4)12-18;/h7-8,11,17H,5-6,9-10,12H2,1-4H3;1H. The predicted octanol–water partition coefficient (Wildman–Crippen LogP) is 2.58. The van der Waals surface area contributed by atoms with E-state index in [1.54, 1.807) is 26.1 Å². The molecule has 132 valence electrons. The van der Waals surface area contributed by atoms with E-state index in [-0.39, 0.29) is 17.9 Å². The highest BCUT2D eigenvalue weighted by Gasteiger charge is 2.29. The van der Waals surface area contributed by atoms with Crippen LogP contribution < -0.4 is 15.5 Å². The van der Waals surface area contributed by atoms with Crippen LogP contribution >= 0.6 is 20.0 Å². The molecule has 23 heavy (non-hydrogen) atoms. The fourth-order valence-electron chi connectivity index (χ4n) is 2.59. The van der Waals surface area contributed by atoms with Gasteiger partial charge in [-0.1, -0.05) is 0 Å². The maximum absolute atomic E-state index is 12.7. The minimum absolute atomic E-state index is 0. The van der Waals surface area contributed by atoms with Gasteiger partial charge < -0.3 is 19.3 Å². The van der Waals surface area contributed by atoms with Crippen LogP contribution in [-0.2, 0) is 13.6 Å². The summed E-state index contributed by atoms with van der Waals surface area (Å²) in [6.45, 7) is 11.3. The molecule has 2 heterocycles. The van der Waals surface area contributed by atoms with Crippen LogP contribution in [0.1, 0.15) is 27.7 Å². The Bertz CT molecular complexity index is 529. The highest BCUT2D eigenvalue weighted by atomic mass is 35.5. The quantitative estimate of drug-likeness (QED) is 0.784. The van der Waals surface area contributed by atoms with Crippen LogP contribution in [0.15, 0.2) is 18.3 Å². The van der Waals surface area contributed by atoms with Crippen molar-refractivity contribution in [2.75, 3.05) is 37.7 Å². The largest absolute Gasteiger partial charge is 0.362 e. The van der Waals surface area contributed by atoms with Crippen molar-refractivity contribution in [3.8, 4) is 0 Å². The average Bonchev–Trinajstić information content (AvgIpc) is 2.47. The Morgan fingerprint density at radius 3 is 2.43 bits per heavy atom. The van der Waals surface area contributed by atoms with Crippen molar-refractivity contribution in [2.24, 2.45) is 0 Å². The molecule has 1 saturated heterocycles. The molecule has 6 nitrogen and oxygen atoms in total. The summed E-state index contributed by atoms with van der Waals surface area (Å²) in [5, 5.41) is 3.98. The molecule has 1 aliphatic heterocycles. The third-order valence-electron chi connectivity index (χ3n) is 3.54. The van der Waals surface area contributed by atoms with Gasteiger partial charge in [0.25, 0.3) is 0 Å². The van der Waals surface area contributed by atoms with Crippen molar-refractivity contribution in [3.63, 3.8) is 0 Å². The molecule has 1 aliphatic rings. The maximum Gasteiger partial charge on any atom is 0.362 e. The van der Waals surface area contributed by atoms with Gasteiger partial charge in [-0.3, -0.25) is 4.57 Å². The molecule has 0 radical (unpaired) electrons. The number of piperazine rings is 1. The number of halogens is 1. The van der Waals surface area contributed by atoms with Crippen LogP contribution in [0.25, 0.3) is 0 Å². The number of nitrogens with one attached hydrogen (secondary N) is 1. The van der Waals surface area contributed by atoms with E-state index in [1.165, 1.54) is 0 Å². The lowest BCUT2D eigenvalue weighted by molar-refractivity contribution is 0.230. The predicted molar refractivity (Wildman–Crippen MR) is 96.3 cm³/mol. The van der Waals surface area contributed by atoms with Crippen molar-refractivity contribution < 1.29 is 13.6 Å². The molecule has 0 spiro atoms. The normalized spacial score (nSPS) is 17.7. The number of nitrogens with zero attached hydrogens (tertiary/aromatic N) is 2. The van der Waals surface area contributed by atoms with Gasteiger partial charge in [-0.2, -0.15) is 0 Å².